The van der Waals surface area contributed by atoms with E-state index in [1.807, 2.05) is 0 Å². The number of allylic oxidation sites excluding steroid dienone is 1. The number of carbonyl (C=O) groups excluding carboxylic acids is 1. The molecule has 21 heavy (non-hydrogen) atoms. The molecule has 0 aliphatic heterocycles. The Hall–Kier alpha value is -1.82. The molecule has 6 nitrogen and oxygen atoms in total. The van der Waals surface area contributed by atoms with Crippen molar-refractivity contribution in [2.24, 2.45) is 11.7 Å². The van der Waals surface area contributed by atoms with Gasteiger partial charge in [0.25, 0.3) is 5.56 Å². The number of nitrogens with zero attached hydrogens (tertiary/aromatic N) is 2. The summed E-state index contributed by atoms with van der Waals surface area (Å²) in [5.74, 6) is -0.280. The van der Waals surface area contributed by atoms with Crippen LogP contribution < -0.4 is 16.6 Å². The van der Waals surface area contributed by atoms with Crippen LogP contribution in [0.5, 0.6) is 0 Å². The van der Waals surface area contributed by atoms with Crippen LogP contribution in [0.2, 0.25) is 5.02 Å². The number of aromatic nitrogens is 2. The van der Waals surface area contributed by atoms with E-state index in [0.29, 0.717) is 12.2 Å². The Morgan fingerprint density at radius 2 is 2.19 bits per heavy atom. The number of nitrogens with one attached hydrogen (secondary N) is 1. The standard InChI is InChI=1S/C14H19ClN4O2/c1-2-7-19-14(21)12(15)11(8-17-19)18-10-5-3-9(4-6-10)13(16)20/h2,8-10,18H,1,3-7H2,(H2,16,20). The van der Waals surface area contributed by atoms with Crippen LogP contribution in [0.3, 0.4) is 0 Å². The van der Waals surface area contributed by atoms with E-state index < -0.39 is 0 Å². The van der Waals surface area contributed by atoms with E-state index in [0.717, 1.165) is 25.7 Å². The van der Waals surface area contributed by atoms with Crippen LogP contribution in [0, 0.1) is 5.92 Å². The highest BCUT2D eigenvalue weighted by molar-refractivity contribution is 6.32. The zero-order valence-corrected chi connectivity index (χ0v) is 12.5. The van der Waals surface area contributed by atoms with E-state index in [-0.39, 0.29) is 28.4 Å². The zero-order chi connectivity index (χ0) is 15.4. The van der Waals surface area contributed by atoms with Crippen LogP contribution in [0.1, 0.15) is 25.7 Å². The number of carbonyl (C=O) groups is 1. The van der Waals surface area contributed by atoms with Gasteiger partial charge in [-0.25, -0.2) is 4.68 Å². The van der Waals surface area contributed by atoms with Crippen molar-refractivity contribution in [3.05, 3.63) is 34.2 Å². The van der Waals surface area contributed by atoms with Gasteiger partial charge in [0.1, 0.15) is 5.02 Å². The van der Waals surface area contributed by atoms with Gasteiger partial charge < -0.3 is 11.1 Å². The molecule has 0 atom stereocenters. The van der Waals surface area contributed by atoms with Crippen molar-refractivity contribution in [3.8, 4) is 0 Å². The van der Waals surface area contributed by atoms with Gasteiger partial charge >= 0.3 is 0 Å². The van der Waals surface area contributed by atoms with Gasteiger partial charge in [-0.15, -0.1) is 6.58 Å². The highest BCUT2D eigenvalue weighted by Crippen LogP contribution is 2.27. The summed E-state index contributed by atoms with van der Waals surface area (Å²) in [5, 5.41) is 7.41. The molecular formula is C14H19ClN4O2. The minimum atomic E-state index is -0.340. The van der Waals surface area contributed by atoms with Gasteiger partial charge in [0.05, 0.1) is 18.4 Å². The largest absolute Gasteiger partial charge is 0.380 e. The second-order valence-electron chi connectivity index (χ2n) is 5.24. The van der Waals surface area contributed by atoms with Gasteiger partial charge in [0.2, 0.25) is 5.91 Å². The summed E-state index contributed by atoms with van der Waals surface area (Å²) in [5.41, 5.74) is 5.50. The van der Waals surface area contributed by atoms with Crippen LogP contribution in [0.25, 0.3) is 0 Å². The second-order valence-corrected chi connectivity index (χ2v) is 5.62. The minimum Gasteiger partial charge on any atom is -0.380 e. The quantitative estimate of drug-likeness (QED) is 0.807. The summed E-state index contributed by atoms with van der Waals surface area (Å²) in [4.78, 5) is 23.1. The maximum Gasteiger partial charge on any atom is 0.287 e. The predicted octanol–water partition coefficient (Wildman–Crippen LogP) is 1.54. The molecule has 1 heterocycles. The monoisotopic (exact) mass is 310 g/mol. The summed E-state index contributed by atoms with van der Waals surface area (Å²) >= 11 is 6.09. The third-order valence-electron chi connectivity index (χ3n) is 3.78. The van der Waals surface area contributed by atoms with E-state index >= 15 is 0 Å². The van der Waals surface area contributed by atoms with Crippen molar-refractivity contribution in [2.45, 2.75) is 38.3 Å². The summed E-state index contributed by atoms with van der Waals surface area (Å²) in [7, 11) is 0. The fraction of sp³-hybridized carbons (Fsp3) is 0.500. The number of rotatable bonds is 5. The molecule has 3 N–H and O–H groups in total. The molecule has 2 rings (SSSR count). The summed E-state index contributed by atoms with van der Waals surface area (Å²) in [6, 6.07) is 0.176. The minimum absolute atomic E-state index is 0.0442. The first-order valence-corrected chi connectivity index (χ1v) is 7.33. The molecule has 1 amide bonds. The van der Waals surface area contributed by atoms with Crippen molar-refractivity contribution in [1.82, 2.24) is 9.78 Å². The molecule has 0 aromatic carbocycles. The van der Waals surface area contributed by atoms with Crippen molar-refractivity contribution >= 4 is 23.2 Å². The van der Waals surface area contributed by atoms with Gasteiger partial charge in [-0.3, -0.25) is 9.59 Å². The number of amides is 1. The molecule has 0 spiro atoms. The second kappa shape index (κ2) is 6.76. The molecule has 0 radical (unpaired) electrons. The van der Waals surface area contributed by atoms with Crippen LogP contribution in [0.4, 0.5) is 5.69 Å². The van der Waals surface area contributed by atoms with Gasteiger partial charge in [-0.05, 0) is 25.7 Å². The smallest absolute Gasteiger partial charge is 0.287 e. The fourth-order valence-electron chi connectivity index (χ4n) is 2.56. The Bertz CT molecular complexity index is 591. The van der Waals surface area contributed by atoms with Crippen molar-refractivity contribution < 1.29 is 4.79 Å². The highest BCUT2D eigenvalue weighted by atomic mass is 35.5. The number of nitrogens with two attached hydrogens (primary N) is 1. The average molecular weight is 311 g/mol. The molecule has 0 bridgehead atoms. The number of halogens is 1. The summed E-state index contributed by atoms with van der Waals surface area (Å²) in [6.45, 7) is 3.89. The van der Waals surface area contributed by atoms with E-state index in [4.69, 9.17) is 17.3 Å². The Morgan fingerprint density at radius 1 is 1.52 bits per heavy atom. The number of primary amides is 1. The number of anilines is 1. The molecule has 7 heteroatoms. The van der Waals surface area contributed by atoms with Crippen molar-refractivity contribution in [1.29, 1.82) is 0 Å². The van der Waals surface area contributed by atoms with E-state index in [1.54, 1.807) is 12.3 Å². The molecular weight excluding hydrogens is 292 g/mol. The molecule has 1 saturated carbocycles. The van der Waals surface area contributed by atoms with Crippen LogP contribution in [0.15, 0.2) is 23.6 Å². The molecule has 114 valence electrons. The normalized spacial score (nSPS) is 21.8. The van der Waals surface area contributed by atoms with Gasteiger partial charge in [0.15, 0.2) is 0 Å². The first kappa shape index (κ1) is 15.6. The van der Waals surface area contributed by atoms with Gasteiger partial charge in [-0.2, -0.15) is 5.10 Å². The number of hydrogen-bond donors (Lipinski definition) is 2. The SMILES string of the molecule is C=CCn1ncc(NC2CCC(C(N)=O)CC2)c(Cl)c1=O. The molecule has 1 fully saturated rings. The van der Waals surface area contributed by atoms with Crippen molar-refractivity contribution in [2.75, 3.05) is 5.32 Å². The van der Waals surface area contributed by atoms with E-state index in [1.165, 1.54) is 4.68 Å². The van der Waals surface area contributed by atoms with E-state index in [9.17, 15) is 9.59 Å². The maximum absolute atomic E-state index is 12.0. The Morgan fingerprint density at radius 3 is 2.76 bits per heavy atom. The maximum atomic E-state index is 12.0. The van der Waals surface area contributed by atoms with Gasteiger partial charge in [0, 0.05) is 12.0 Å². The molecule has 0 saturated heterocycles. The van der Waals surface area contributed by atoms with Crippen LogP contribution >= 0.6 is 11.6 Å². The average Bonchev–Trinajstić information content (AvgIpc) is 2.47. The molecule has 1 aliphatic rings. The molecule has 0 unspecified atom stereocenters. The fourth-order valence-corrected chi connectivity index (χ4v) is 2.76. The first-order valence-electron chi connectivity index (χ1n) is 6.95. The lowest BCUT2D eigenvalue weighted by molar-refractivity contribution is -0.122. The Kier molecular flexibility index (Phi) is 5.01. The first-order chi connectivity index (χ1) is 10.0. The Balaban J connectivity index is 2.04. The molecule has 1 aromatic rings. The zero-order valence-electron chi connectivity index (χ0n) is 11.7. The Labute approximate surface area is 128 Å². The topological polar surface area (TPSA) is 90.0 Å². The lowest BCUT2D eigenvalue weighted by atomic mass is 9.85. The van der Waals surface area contributed by atoms with Crippen molar-refractivity contribution in [3.63, 3.8) is 0 Å². The summed E-state index contributed by atoms with van der Waals surface area (Å²) in [6.07, 6.45) is 6.28. The highest BCUT2D eigenvalue weighted by Gasteiger charge is 2.25. The summed E-state index contributed by atoms with van der Waals surface area (Å²) < 4.78 is 1.25. The predicted molar refractivity (Wildman–Crippen MR) is 82.3 cm³/mol. The lowest BCUT2D eigenvalue weighted by Gasteiger charge is -2.28. The molecule has 1 aromatic heterocycles. The van der Waals surface area contributed by atoms with Crippen LogP contribution in [-0.2, 0) is 11.3 Å². The van der Waals surface area contributed by atoms with Crippen LogP contribution in [-0.4, -0.2) is 21.7 Å². The number of hydrogen-bond acceptors (Lipinski definition) is 4. The third kappa shape index (κ3) is 3.64. The van der Waals surface area contributed by atoms with Gasteiger partial charge in [-0.1, -0.05) is 17.7 Å². The molecule has 1 aliphatic carbocycles. The third-order valence-corrected chi connectivity index (χ3v) is 4.14. The van der Waals surface area contributed by atoms with E-state index in [2.05, 4.69) is 17.0 Å². The lowest BCUT2D eigenvalue weighted by Crippen LogP contribution is -2.33.